The van der Waals surface area contributed by atoms with Gasteiger partial charge in [-0.05, 0) is 24.5 Å². The number of carbonyl (C=O) groups excluding carboxylic acids is 1. The van der Waals surface area contributed by atoms with E-state index in [1.54, 1.807) is 13.0 Å². The molecule has 0 aromatic heterocycles. The molecule has 1 nitrogen and oxygen atoms in total. The fourth-order valence-corrected chi connectivity index (χ4v) is 1.15. The molecule has 0 amide bonds. The summed E-state index contributed by atoms with van der Waals surface area (Å²) in [4.78, 5) is 10.7. The molecule has 0 bridgehead atoms. The summed E-state index contributed by atoms with van der Waals surface area (Å²) in [5, 5.41) is 0. The van der Waals surface area contributed by atoms with E-state index in [1.807, 2.05) is 24.3 Å². The van der Waals surface area contributed by atoms with Gasteiger partial charge in [-0.3, -0.25) is 4.79 Å². The van der Waals surface area contributed by atoms with Gasteiger partial charge in [0.05, 0.1) is 0 Å². The van der Waals surface area contributed by atoms with Gasteiger partial charge in [-0.25, -0.2) is 0 Å². The lowest BCUT2D eigenvalue weighted by Crippen LogP contribution is -1.89. The Labute approximate surface area is 79.1 Å². The van der Waals surface area contributed by atoms with Crippen molar-refractivity contribution >= 4 is 5.78 Å². The Morgan fingerprint density at radius 3 is 2.46 bits per heavy atom. The summed E-state index contributed by atoms with van der Waals surface area (Å²) >= 11 is 0. The third-order valence-corrected chi connectivity index (χ3v) is 1.94. The van der Waals surface area contributed by atoms with E-state index >= 15 is 0 Å². The molecular formula is C12H14O. The second kappa shape index (κ2) is 4.61. The average molecular weight is 174 g/mol. The Bertz CT molecular complexity index is 298. The van der Waals surface area contributed by atoms with Gasteiger partial charge in [0.15, 0.2) is 5.78 Å². The van der Waals surface area contributed by atoms with E-state index in [0.717, 1.165) is 0 Å². The zero-order valence-corrected chi connectivity index (χ0v) is 8.03. The predicted octanol–water partition coefficient (Wildman–Crippen LogP) is 2.94. The molecule has 1 rings (SSSR count). The van der Waals surface area contributed by atoms with Crippen LogP contribution in [0.15, 0.2) is 42.5 Å². The molecule has 0 fully saturated rings. The first kappa shape index (κ1) is 9.72. The molecule has 0 saturated carbocycles. The first-order valence-electron chi connectivity index (χ1n) is 4.44. The zero-order valence-electron chi connectivity index (χ0n) is 8.03. The van der Waals surface area contributed by atoms with Gasteiger partial charge in [-0.1, -0.05) is 43.3 Å². The number of benzene rings is 1. The van der Waals surface area contributed by atoms with Gasteiger partial charge in [0, 0.05) is 0 Å². The number of hydrogen-bond donors (Lipinski definition) is 0. The lowest BCUT2D eigenvalue weighted by Gasteiger charge is -2.04. The Kier molecular flexibility index (Phi) is 3.44. The number of allylic oxidation sites excluding steroid dienone is 2. The molecule has 1 aromatic carbocycles. The summed E-state index contributed by atoms with van der Waals surface area (Å²) in [6, 6.07) is 10.1. The molecule has 1 aromatic rings. The maximum atomic E-state index is 10.7. The van der Waals surface area contributed by atoms with Gasteiger partial charge in [-0.2, -0.15) is 0 Å². The minimum atomic E-state index is 0.0998. The van der Waals surface area contributed by atoms with Crippen molar-refractivity contribution in [1.29, 1.82) is 0 Å². The summed E-state index contributed by atoms with van der Waals surface area (Å²) < 4.78 is 0. The molecule has 13 heavy (non-hydrogen) atoms. The third kappa shape index (κ3) is 3.24. The Balaban J connectivity index is 2.69. The van der Waals surface area contributed by atoms with Gasteiger partial charge in [0.1, 0.15) is 0 Å². The number of hydrogen-bond acceptors (Lipinski definition) is 1. The van der Waals surface area contributed by atoms with Crippen molar-refractivity contribution in [3.8, 4) is 0 Å². The van der Waals surface area contributed by atoms with Crippen LogP contribution in [0.25, 0.3) is 0 Å². The van der Waals surface area contributed by atoms with Crippen molar-refractivity contribution < 1.29 is 4.79 Å². The number of rotatable bonds is 3. The van der Waals surface area contributed by atoms with Crippen molar-refractivity contribution in [3.63, 3.8) is 0 Å². The maximum Gasteiger partial charge on any atom is 0.152 e. The summed E-state index contributed by atoms with van der Waals surface area (Å²) in [5.41, 5.74) is 1.24. The highest BCUT2D eigenvalue weighted by Crippen LogP contribution is 2.15. The highest BCUT2D eigenvalue weighted by molar-refractivity contribution is 5.87. The monoisotopic (exact) mass is 174 g/mol. The third-order valence-electron chi connectivity index (χ3n) is 1.94. The fraction of sp³-hybridized carbons (Fsp3) is 0.250. The van der Waals surface area contributed by atoms with Crippen LogP contribution in [-0.4, -0.2) is 5.78 Å². The molecule has 68 valence electrons. The van der Waals surface area contributed by atoms with Crippen LogP contribution in [0.4, 0.5) is 0 Å². The molecular weight excluding hydrogens is 160 g/mol. The fourth-order valence-electron chi connectivity index (χ4n) is 1.15. The van der Waals surface area contributed by atoms with Crippen molar-refractivity contribution in [2.24, 2.45) is 0 Å². The van der Waals surface area contributed by atoms with Crippen molar-refractivity contribution in [1.82, 2.24) is 0 Å². The summed E-state index contributed by atoms with van der Waals surface area (Å²) in [6.45, 7) is 3.64. The largest absolute Gasteiger partial charge is 0.295 e. The van der Waals surface area contributed by atoms with E-state index in [0.29, 0.717) is 5.92 Å². The van der Waals surface area contributed by atoms with Crippen LogP contribution in [0.1, 0.15) is 25.3 Å². The standard InChI is InChI=1S/C12H14O/c1-10(8-9-11(2)13)12-6-4-3-5-7-12/h3-10H,1-2H3/b9-8+. The summed E-state index contributed by atoms with van der Waals surface area (Å²) in [7, 11) is 0. The Morgan fingerprint density at radius 1 is 1.31 bits per heavy atom. The van der Waals surface area contributed by atoms with Crippen LogP contribution in [0.5, 0.6) is 0 Å². The second-order valence-electron chi connectivity index (χ2n) is 3.17. The molecule has 1 unspecified atom stereocenters. The maximum absolute atomic E-state index is 10.7. The van der Waals surface area contributed by atoms with Gasteiger partial charge in [-0.15, -0.1) is 0 Å². The van der Waals surface area contributed by atoms with E-state index in [9.17, 15) is 4.79 Å². The van der Waals surface area contributed by atoms with Crippen LogP contribution in [0.2, 0.25) is 0 Å². The first-order chi connectivity index (χ1) is 6.20. The second-order valence-corrected chi connectivity index (χ2v) is 3.17. The van der Waals surface area contributed by atoms with Gasteiger partial charge in [0.25, 0.3) is 0 Å². The molecule has 0 aliphatic rings. The number of ketones is 1. The first-order valence-corrected chi connectivity index (χ1v) is 4.44. The van der Waals surface area contributed by atoms with E-state index in [4.69, 9.17) is 0 Å². The average Bonchev–Trinajstić information content (AvgIpc) is 2.15. The van der Waals surface area contributed by atoms with Crippen molar-refractivity contribution in [2.75, 3.05) is 0 Å². The van der Waals surface area contributed by atoms with Crippen LogP contribution in [0.3, 0.4) is 0 Å². The quantitative estimate of drug-likeness (QED) is 0.644. The zero-order chi connectivity index (χ0) is 9.68. The molecule has 0 saturated heterocycles. The van der Waals surface area contributed by atoms with E-state index < -0.39 is 0 Å². The van der Waals surface area contributed by atoms with Crippen LogP contribution in [-0.2, 0) is 4.79 Å². The molecule has 0 spiro atoms. The molecule has 1 heteroatoms. The number of carbonyl (C=O) groups is 1. The lowest BCUT2D eigenvalue weighted by molar-refractivity contribution is -0.112. The molecule has 0 aliphatic carbocycles. The predicted molar refractivity (Wildman–Crippen MR) is 54.7 cm³/mol. The lowest BCUT2D eigenvalue weighted by atomic mass is 10.0. The smallest absolute Gasteiger partial charge is 0.152 e. The van der Waals surface area contributed by atoms with Crippen molar-refractivity contribution in [2.45, 2.75) is 19.8 Å². The minimum absolute atomic E-state index is 0.0998. The van der Waals surface area contributed by atoms with Crippen molar-refractivity contribution in [3.05, 3.63) is 48.0 Å². The normalized spacial score (nSPS) is 13.1. The molecule has 0 radical (unpaired) electrons. The van der Waals surface area contributed by atoms with Gasteiger partial charge >= 0.3 is 0 Å². The molecule has 0 heterocycles. The van der Waals surface area contributed by atoms with E-state index in [2.05, 4.69) is 19.1 Å². The van der Waals surface area contributed by atoms with Crippen LogP contribution < -0.4 is 0 Å². The van der Waals surface area contributed by atoms with Gasteiger partial charge in [0.2, 0.25) is 0 Å². The molecule has 0 N–H and O–H groups in total. The highest BCUT2D eigenvalue weighted by Gasteiger charge is 1.98. The minimum Gasteiger partial charge on any atom is -0.295 e. The SMILES string of the molecule is CC(=O)/C=C/C(C)c1ccccc1. The van der Waals surface area contributed by atoms with Crippen LogP contribution in [0, 0.1) is 0 Å². The summed E-state index contributed by atoms with van der Waals surface area (Å²) in [5.74, 6) is 0.410. The van der Waals surface area contributed by atoms with E-state index in [-0.39, 0.29) is 5.78 Å². The Morgan fingerprint density at radius 2 is 1.92 bits per heavy atom. The topological polar surface area (TPSA) is 17.1 Å². The molecule has 1 atom stereocenters. The highest BCUT2D eigenvalue weighted by atomic mass is 16.1. The van der Waals surface area contributed by atoms with Gasteiger partial charge < -0.3 is 0 Å². The van der Waals surface area contributed by atoms with Crippen LogP contribution >= 0.6 is 0 Å². The molecule has 0 aliphatic heterocycles. The summed E-state index contributed by atoms with van der Waals surface area (Å²) in [6.07, 6.45) is 3.55. The van der Waals surface area contributed by atoms with E-state index in [1.165, 1.54) is 5.56 Å². The Hall–Kier alpha value is -1.37.